The summed E-state index contributed by atoms with van der Waals surface area (Å²) in [5.41, 5.74) is 2.94. The SMILES string of the molecule is CCCc1ccc(C2CCC(CCC)CC2OC)cc1. The highest BCUT2D eigenvalue weighted by Gasteiger charge is 2.31. The number of hydrogen-bond donors (Lipinski definition) is 0. The predicted octanol–water partition coefficient (Wildman–Crippen LogP) is 5.34. The molecule has 1 fully saturated rings. The normalized spacial score (nSPS) is 26.6. The zero-order chi connectivity index (χ0) is 14.4. The van der Waals surface area contributed by atoms with Crippen LogP contribution >= 0.6 is 0 Å². The van der Waals surface area contributed by atoms with Gasteiger partial charge in [0.15, 0.2) is 0 Å². The molecule has 1 aromatic rings. The molecule has 1 nitrogen and oxygen atoms in total. The lowest BCUT2D eigenvalue weighted by Crippen LogP contribution is -2.29. The lowest BCUT2D eigenvalue weighted by atomic mass is 9.75. The summed E-state index contributed by atoms with van der Waals surface area (Å²) in [4.78, 5) is 0. The maximum absolute atomic E-state index is 5.81. The maximum Gasteiger partial charge on any atom is 0.0642 e. The Hall–Kier alpha value is -0.820. The fraction of sp³-hybridized carbons (Fsp3) is 0.684. The molecule has 0 aliphatic heterocycles. The molecule has 3 unspecified atom stereocenters. The number of benzene rings is 1. The van der Waals surface area contributed by atoms with Crippen molar-refractivity contribution in [1.82, 2.24) is 0 Å². The van der Waals surface area contributed by atoms with Crippen LogP contribution in [0.5, 0.6) is 0 Å². The molecule has 0 heterocycles. The van der Waals surface area contributed by atoms with Gasteiger partial charge >= 0.3 is 0 Å². The summed E-state index contributed by atoms with van der Waals surface area (Å²) in [6.07, 6.45) is 9.40. The fourth-order valence-corrected chi connectivity index (χ4v) is 3.74. The van der Waals surface area contributed by atoms with E-state index in [0.29, 0.717) is 12.0 Å². The Kier molecular flexibility index (Phi) is 6.09. The van der Waals surface area contributed by atoms with Crippen LogP contribution in [0.25, 0.3) is 0 Å². The minimum Gasteiger partial charge on any atom is -0.381 e. The highest BCUT2D eigenvalue weighted by Crippen LogP contribution is 2.39. The van der Waals surface area contributed by atoms with Gasteiger partial charge in [0.1, 0.15) is 0 Å². The van der Waals surface area contributed by atoms with E-state index in [0.717, 1.165) is 5.92 Å². The van der Waals surface area contributed by atoms with E-state index in [2.05, 4.69) is 38.1 Å². The average Bonchev–Trinajstić information content (AvgIpc) is 2.49. The van der Waals surface area contributed by atoms with E-state index in [4.69, 9.17) is 4.74 Å². The number of aryl methyl sites for hydroxylation is 1. The molecule has 0 spiro atoms. The molecule has 2 rings (SSSR count). The smallest absolute Gasteiger partial charge is 0.0642 e. The van der Waals surface area contributed by atoms with Crippen LogP contribution in [-0.4, -0.2) is 13.2 Å². The van der Waals surface area contributed by atoms with Gasteiger partial charge in [-0.25, -0.2) is 0 Å². The second-order valence-corrected chi connectivity index (χ2v) is 6.34. The molecule has 0 amide bonds. The summed E-state index contributed by atoms with van der Waals surface area (Å²) < 4.78 is 5.81. The van der Waals surface area contributed by atoms with Crippen LogP contribution < -0.4 is 0 Å². The molecule has 0 bridgehead atoms. The standard InChI is InChI=1S/C19H30O/c1-4-6-15-8-11-17(12-9-15)18-13-10-16(7-5-2)14-19(18)20-3/h8-9,11-12,16,18-19H,4-7,10,13-14H2,1-3H3. The first-order valence-electron chi connectivity index (χ1n) is 8.40. The number of rotatable bonds is 6. The zero-order valence-electron chi connectivity index (χ0n) is 13.4. The van der Waals surface area contributed by atoms with E-state index in [1.54, 1.807) is 0 Å². The molecule has 20 heavy (non-hydrogen) atoms. The molecule has 0 saturated heterocycles. The van der Waals surface area contributed by atoms with Crippen molar-refractivity contribution in [2.45, 2.75) is 70.8 Å². The molecule has 0 radical (unpaired) electrons. The maximum atomic E-state index is 5.81. The molecule has 0 N–H and O–H groups in total. The van der Waals surface area contributed by atoms with Crippen LogP contribution in [0.2, 0.25) is 0 Å². The molecule has 3 atom stereocenters. The third kappa shape index (κ3) is 3.85. The van der Waals surface area contributed by atoms with Crippen LogP contribution in [0.3, 0.4) is 0 Å². The highest BCUT2D eigenvalue weighted by molar-refractivity contribution is 5.27. The van der Waals surface area contributed by atoms with Crippen LogP contribution in [-0.2, 0) is 11.2 Å². The van der Waals surface area contributed by atoms with Crippen molar-refractivity contribution in [3.63, 3.8) is 0 Å². The second-order valence-electron chi connectivity index (χ2n) is 6.34. The van der Waals surface area contributed by atoms with Gasteiger partial charge in [-0.3, -0.25) is 0 Å². The first-order valence-corrected chi connectivity index (χ1v) is 8.40. The van der Waals surface area contributed by atoms with Crippen LogP contribution in [0.4, 0.5) is 0 Å². The summed E-state index contributed by atoms with van der Waals surface area (Å²) in [6, 6.07) is 9.29. The van der Waals surface area contributed by atoms with Crippen LogP contribution in [0.1, 0.15) is 69.4 Å². The molecule has 1 aliphatic carbocycles. The van der Waals surface area contributed by atoms with Crippen LogP contribution in [0, 0.1) is 5.92 Å². The van der Waals surface area contributed by atoms with Gasteiger partial charge in [0.05, 0.1) is 6.10 Å². The van der Waals surface area contributed by atoms with E-state index >= 15 is 0 Å². The average molecular weight is 274 g/mol. The van der Waals surface area contributed by atoms with E-state index in [1.165, 1.54) is 56.1 Å². The molecule has 0 aromatic heterocycles. The summed E-state index contributed by atoms with van der Waals surface area (Å²) in [5.74, 6) is 1.48. The van der Waals surface area contributed by atoms with Gasteiger partial charge in [0, 0.05) is 13.0 Å². The fourth-order valence-electron chi connectivity index (χ4n) is 3.74. The van der Waals surface area contributed by atoms with Gasteiger partial charge in [-0.2, -0.15) is 0 Å². The van der Waals surface area contributed by atoms with Crippen molar-refractivity contribution in [3.8, 4) is 0 Å². The van der Waals surface area contributed by atoms with E-state index in [-0.39, 0.29) is 0 Å². The Morgan fingerprint density at radius 3 is 2.40 bits per heavy atom. The predicted molar refractivity (Wildman–Crippen MR) is 86.2 cm³/mol. The van der Waals surface area contributed by atoms with Gasteiger partial charge in [0.2, 0.25) is 0 Å². The van der Waals surface area contributed by atoms with Crippen molar-refractivity contribution in [2.75, 3.05) is 7.11 Å². The monoisotopic (exact) mass is 274 g/mol. The summed E-state index contributed by atoms with van der Waals surface area (Å²) in [5, 5.41) is 0. The van der Waals surface area contributed by atoms with Crippen molar-refractivity contribution in [3.05, 3.63) is 35.4 Å². The van der Waals surface area contributed by atoms with Crippen molar-refractivity contribution in [2.24, 2.45) is 5.92 Å². The molecular weight excluding hydrogens is 244 g/mol. The first-order chi connectivity index (χ1) is 9.78. The molecule has 1 aliphatic rings. The molecule has 1 heteroatoms. The van der Waals surface area contributed by atoms with Gasteiger partial charge in [-0.05, 0) is 42.7 Å². The zero-order valence-corrected chi connectivity index (χ0v) is 13.4. The largest absolute Gasteiger partial charge is 0.381 e. The van der Waals surface area contributed by atoms with Crippen molar-refractivity contribution < 1.29 is 4.74 Å². The minimum atomic E-state index is 0.414. The van der Waals surface area contributed by atoms with Gasteiger partial charge in [-0.1, -0.05) is 57.4 Å². The number of ether oxygens (including phenoxy) is 1. The van der Waals surface area contributed by atoms with E-state index in [9.17, 15) is 0 Å². The Morgan fingerprint density at radius 1 is 1.05 bits per heavy atom. The third-order valence-electron chi connectivity index (χ3n) is 4.85. The van der Waals surface area contributed by atoms with Gasteiger partial charge < -0.3 is 4.74 Å². The first kappa shape index (κ1) is 15.6. The van der Waals surface area contributed by atoms with Crippen molar-refractivity contribution >= 4 is 0 Å². The lowest BCUT2D eigenvalue weighted by Gasteiger charge is -2.35. The Bertz CT molecular complexity index is 381. The lowest BCUT2D eigenvalue weighted by molar-refractivity contribution is 0.0307. The summed E-state index contributed by atoms with van der Waals surface area (Å²) >= 11 is 0. The topological polar surface area (TPSA) is 9.23 Å². The highest BCUT2D eigenvalue weighted by atomic mass is 16.5. The number of hydrogen-bond acceptors (Lipinski definition) is 1. The summed E-state index contributed by atoms with van der Waals surface area (Å²) in [7, 11) is 1.89. The van der Waals surface area contributed by atoms with Gasteiger partial charge in [0.25, 0.3) is 0 Å². The molecule has 112 valence electrons. The van der Waals surface area contributed by atoms with Crippen LogP contribution in [0.15, 0.2) is 24.3 Å². The Balaban J connectivity index is 2.03. The Morgan fingerprint density at radius 2 is 1.80 bits per heavy atom. The molecular formula is C19H30O. The van der Waals surface area contributed by atoms with Crippen molar-refractivity contribution in [1.29, 1.82) is 0 Å². The number of methoxy groups -OCH3 is 1. The minimum absolute atomic E-state index is 0.414. The molecule has 1 aromatic carbocycles. The summed E-state index contributed by atoms with van der Waals surface area (Å²) in [6.45, 7) is 4.53. The van der Waals surface area contributed by atoms with E-state index < -0.39 is 0 Å². The van der Waals surface area contributed by atoms with Gasteiger partial charge in [-0.15, -0.1) is 0 Å². The quantitative estimate of drug-likeness (QED) is 0.680. The van der Waals surface area contributed by atoms with E-state index in [1.807, 2.05) is 7.11 Å². The Labute approximate surface area is 124 Å². The third-order valence-corrected chi connectivity index (χ3v) is 4.85. The second kappa shape index (κ2) is 7.83. The molecule has 1 saturated carbocycles.